The van der Waals surface area contributed by atoms with Crippen LogP contribution in [0.1, 0.15) is 22.3 Å². The third kappa shape index (κ3) is 2.68. The number of carbonyl (C=O) groups is 1. The molecule has 0 amide bonds. The maximum Gasteiger partial charge on any atom is 0.363 e. The molecule has 2 aromatic carbocycles. The summed E-state index contributed by atoms with van der Waals surface area (Å²) in [7, 11) is 0. The number of esters is 1. The average molecular weight is 295 g/mol. The molecule has 22 heavy (non-hydrogen) atoms. The molecule has 0 radical (unpaired) electrons. The Labute approximate surface area is 127 Å². The van der Waals surface area contributed by atoms with Crippen LogP contribution in [0.15, 0.2) is 53.2 Å². The largest absolute Gasteiger partial charge is 0.402 e. The standard InChI is InChI=1S/C18H14FNO2/c1-11-7-8-13(12(2)9-11)10-16-18(21)22-17(20-16)14-5-3-4-6-15(14)19/h3-10H,1-2H3/b16-10-. The Bertz CT molecular complexity index is 822. The van der Waals surface area contributed by atoms with Crippen molar-refractivity contribution in [3.8, 4) is 0 Å². The van der Waals surface area contributed by atoms with Crippen LogP contribution in [0.3, 0.4) is 0 Å². The molecule has 1 heterocycles. The van der Waals surface area contributed by atoms with E-state index in [9.17, 15) is 9.18 Å². The van der Waals surface area contributed by atoms with Gasteiger partial charge in [-0.25, -0.2) is 14.2 Å². The lowest BCUT2D eigenvalue weighted by Crippen LogP contribution is -2.07. The zero-order valence-electron chi connectivity index (χ0n) is 12.3. The normalized spacial score (nSPS) is 15.9. The average Bonchev–Trinajstić information content (AvgIpc) is 2.83. The Balaban J connectivity index is 2.00. The van der Waals surface area contributed by atoms with Crippen LogP contribution in [0.2, 0.25) is 0 Å². The Morgan fingerprint density at radius 1 is 1.14 bits per heavy atom. The zero-order valence-corrected chi connectivity index (χ0v) is 12.3. The molecule has 0 atom stereocenters. The SMILES string of the molecule is Cc1ccc(/C=C2\N=C(c3ccccc3F)OC2=O)c(C)c1. The van der Waals surface area contributed by atoms with Gasteiger partial charge in [-0.05, 0) is 43.2 Å². The highest BCUT2D eigenvalue weighted by atomic mass is 19.1. The van der Waals surface area contributed by atoms with Crippen molar-refractivity contribution in [2.24, 2.45) is 4.99 Å². The van der Waals surface area contributed by atoms with E-state index in [0.29, 0.717) is 0 Å². The van der Waals surface area contributed by atoms with Gasteiger partial charge in [-0.2, -0.15) is 0 Å². The van der Waals surface area contributed by atoms with E-state index in [1.54, 1.807) is 18.2 Å². The fraction of sp³-hybridized carbons (Fsp3) is 0.111. The van der Waals surface area contributed by atoms with Crippen molar-refractivity contribution in [3.05, 3.63) is 76.2 Å². The molecule has 4 heteroatoms. The number of benzene rings is 2. The molecular formula is C18H14FNO2. The first-order valence-corrected chi connectivity index (χ1v) is 6.89. The summed E-state index contributed by atoms with van der Waals surface area (Å²) < 4.78 is 18.8. The number of aliphatic imine (C=N–C) groups is 1. The lowest BCUT2D eigenvalue weighted by atomic mass is 10.0. The molecular weight excluding hydrogens is 281 g/mol. The van der Waals surface area contributed by atoms with Crippen molar-refractivity contribution in [2.45, 2.75) is 13.8 Å². The van der Waals surface area contributed by atoms with Gasteiger partial charge in [-0.1, -0.05) is 35.9 Å². The van der Waals surface area contributed by atoms with Crippen molar-refractivity contribution in [1.29, 1.82) is 0 Å². The van der Waals surface area contributed by atoms with Gasteiger partial charge in [0.15, 0.2) is 5.70 Å². The first kappa shape index (κ1) is 14.2. The van der Waals surface area contributed by atoms with Crippen molar-refractivity contribution < 1.29 is 13.9 Å². The summed E-state index contributed by atoms with van der Waals surface area (Å²) in [5.74, 6) is -1.04. The number of hydrogen-bond donors (Lipinski definition) is 0. The molecule has 3 nitrogen and oxygen atoms in total. The predicted octanol–water partition coefficient (Wildman–Crippen LogP) is 3.79. The van der Waals surface area contributed by atoms with E-state index in [1.807, 2.05) is 32.0 Å². The molecule has 0 unspecified atom stereocenters. The third-order valence-electron chi connectivity index (χ3n) is 3.44. The molecule has 0 fully saturated rings. The first-order chi connectivity index (χ1) is 10.5. The number of hydrogen-bond acceptors (Lipinski definition) is 3. The van der Waals surface area contributed by atoms with Crippen molar-refractivity contribution in [2.75, 3.05) is 0 Å². The molecule has 3 rings (SSSR count). The first-order valence-electron chi connectivity index (χ1n) is 6.89. The maximum absolute atomic E-state index is 13.7. The van der Waals surface area contributed by atoms with E-state index in [-0.39, 0.29) is 17.2 Å². The number of aryl methyl sites for hydroxylation is 2. The Morgan fingerprint density at radius 2 is 1.91 bits per heavy atom. The highest BCUT2D eigenvalue weighted by Crippen LogP contribution is 2.22. The summed E-state index contributed by atoms with van der Waals surface area (Å²) in [6, 6.07) is 12.0. The van der Waals surface area contributed by atoms with Crippen LogP contribution in [-0.4, -0.2) is 11.9 Å². The van der Waals surface area contributed by atoms with Gasteiger partial charge in [0.1, 0.15) is 5.82 Å². The van der Waals surface area contributed by atoms with Crippen molar-refractivity contribution in [1.82, 2.24) is 0 Å². The maximum atomic E-state index is 13.7. The minimum Gasteiger partial charge on any atom is -0.402 e. The number of carbonyl (C=O) groups excluding carboxylic acids is 1. The number of halogens is 1. The summed E-state index contributed by atoms with van der Waals surface area (Å²) in [5.41, 5.74) is 3.42. The van der Waals surface area contributed by atoms with Gasteiger partial charge in [-0.3, -0.25) is 0 Å². The van der Waals surface area contributed by atoms with Gasteiger partial charge in [0.2, 0.25) is 5.90 Å². The third-order valence-corrected chi connectivity index (χ3v) is 3.44. The molecule has 0 spiro atoms. The second-order valence-electron chi connectivity index (χ2n) is 5.18. The Morgan fingerprint density at radius 3 is 2.64 bits per heavy atom. The van der Waals surface area contributed by atoms with Crippen LogP contribution in [0.5, 0.6) is 0 Å². The molecule has 0 aliphatic carbocycles. The van der Waals surface area contributed by atoms with Gasteiger partial charge in [-0.15, -0.1) is 0 Å². The van der Waals surface area contributed by atoms with E-state index < -0.39 is 11.8 Å². The topological polar surface area (TPSA) is 38.7 Å². The van der Waals surface area contributed by atoms with Crippen LogP contribution >= 0.6 is 0 Å². The minimum atomic E-state index is -0.571. The van der Waals surface area contributed by atoms with Gasteiger partial charge in [0.05, 0.1) is 5.56 Å². The van der Waals surface area contributed by atoms with Gasteiger partial charge >= 0.3 is 5.97 Å². The number of cyclic esters (lactones) is 1. The lowest BCUT2D eigenvalue weighted by molar-refractivity contribution is -0.129. The summed E-state index contributed by atoms with van der Waals surface area (Å²) >= 11 is 0. The fourth-order valence-electron chi connectivity index (χ4n) is 2.29. The van der Waals surface area contributed by atoms with Crippen molar-refractivity contribution in [3.63, 3.8) is 0 Å². The summed E-state index contributed by atoms with van der Waals surface area (Å²) in [4.78, 5) is 16.0. The summed E-state index contributed by atoms with van der Waals surface area (Å²) in [6.45, 7) is 3.96. The van der Waals surface area contributed by atoms with E-state index in [1.165, 1.54) is 12.1 Å². The quantitative estimate of drug-likeness (QED) is 0.624. The molecule has 0 bridgehead atoms. The molecule has 1 aliphatic rings. The Hall–Kier alpha value is -2.75. The molecule has 0 N–H and O–H groups in total. The predicted molar refractivity (Wildman–Crippen MR) is 82.9 cm³/mol. The Kier molecular flexibility index (Phi) is 3.59. The highest BCUT2D eigenvalue weighted by Gasteiger charge is 2.25. The van der Waals surface area contributed by atoms with E-state index in [4.69, 9.17) is 4.74 Å². The molecule has 0 saturated heterocycles. The molecule has 2 aromatic rings. The monoisotopic (exact) mass is 295 g/mol. The van der Waals surface area contributed by atoms with Crippen LogP contribution in [-0.2, 0) is 9.53 Å². The second-order valence-corrected chi connectivity index (χ2v) is 5.18. The number of nitrogens with zero attached hydrogens (tertiary/aromatic N) is 1. The smallest absolute Gasteiger partial charge is 0.363 e. The summed E-state index contributed by atoms with van der Waals surface area (Å²) in [5, 5.41) is 0. The minimum absolute atomic E-state index is 0.000820. The second kappa shape index (κ2) is 5.56. The van der Waals surface area contributed by atoms with E-state index >= 15 is 0 Å². The summed E-state index contributed by atoms with van der Waals surface area (Å²) in [6.07, 6.45) is 1.66. The van der Waals surface area contributed by atoms with Crippen molar-refractivity contribution >= 4 is 17.9 Å². The number of ether oxygens (including phenoxy) is 1. The van der Waals surface area contributed by atoms with Crippen LogP contribution in [0.25, 0.3) is 6.08 Å². The van der Waals surface area contributed by atoms with Crippen LogP contribution in [0.4, 0.5) is 4.39 Å². The van der Waals surface area contributed by atoms with Gasteiger partial charge in [0.25, 0.3) is 0 Å². The molecule has 0 saturated carbocycles. The molecule has 1 aliphatic heterocycles. The van der Waals surface area contributed by atoms with Gasteiger partial charge in [0, 0.05) is 0 Å². The number of rotatable bonds is 2. The highest BCUT2D eigenvalue weighted by molar-refractivity contribution is 6.13. The van der Waals surface area contributed by atoms with E-state index in [0.717, 1.165) is 16.7 Å². The molecule has 110 valence electrons. The molecule has 0 aromatic heterocycles. The zero-order chi connectivity index (χ0) is 15.7. The van der Waals surface area contributed by atoms with Crippen LogP contribution in [0, 0.1) is 19.7 Å². The van der Waals surface area contributed by atoms with Gasteiger partial charge < -0.3 is 4.74 Å². The fourth-order valence-corrected chi connectivity index (χ4v) is 2.29. The van der Waals surface area contributed by atoms with E-state index in [2.05, 4.69) is 4.99 Å². The lowest BCUT2D eigenvalue weighted by Gasteiger charge is -2.01. The van der Waals surface area contributed by atoms with Crippen LogP contribution < -0.4 is 0 Å².